The number of carbonyl (C=O) groups excluding carboxylic acids is 1. The molecule has 0 aliphatic heterocycles. The molecular formula is C10H17NO3. The number of methoxy groups -OCH3 is 1. The minimum atomic E-state index is -0.676. The lowest BCUT2D eigenvalue weighted by molar-refractivity contribution is -0.147. The van der Waals surface area contributed by atoms with E-state index in [1.54, 1.807) is 14.0 Å². The van der Waals surface area contributed by atoms with Crippen LogP contribution in [0.25, 0.3) is 0 Å². The lowest BCUT2D eigenvalue weighted by Crippen LogP contribution is -2.23. The third-order valence-electron chi connectivity index (χ3n) is 2.03. The monoisotopic (exact) mass is 199 g/mol. The molecule has 0 amide bonds. The lowest BCUT2D eigenvalue weighted by Gasteiger charge is -2.15. The van der Waals surface area contributed by atoms with Gasteiger partial charge in [-0.15, -0.1) is 0 Å². The van der Waals surface area contributed by atoms with Crippen molar-refractivity contribution in [3.8, 4) is 6.07 Å². The van der Waals surface area contributed by atoms with Crippen LogP contribution in [0.15, 0.2) is 0 Å². The second-order valence-corrected chi connectivity index (χ2v) is 3.12. The quantitative estimate of drug-likeness (QED) is 0.606. The predicted octanol–water partition coefficient (Wildman–Crippen LogP) is 1.36. The minimum absolute atomic E-state index is 0.0287. The summed E-state index contributed by atoms with van der Waals surface area (Å²) in [5.74, 6) is -1.14. The van der Waals surface area contributed by atoms with Gasteiger partial charge < -0.3 is 9.47 Å². The number of hydrogen-bond donors (Lipinski definition) is 0. The summed E-state index contributed by atoms with van der Waals surface area (Å²) in [5, 5.41) is 8.80. The first-order valence-electron chi connectivity index (χ1n) is 4.72. The maximum Gasteiger partial charge on any atom is 0.323 e. The van der Waals surface area contributed by atoms with Crippen LogP contribution >= 0.6 is 0 Å². The van der Waals surface area contributed by atoms with Crippen molar-refractivity contribution in [3.05, 3.63) is 0 Å². The molecule has 0 aromatic rings. The maximum atomic E-state index is 11.3. The SMILES string of the molecule is CCOC(=O)C(C#N)C(C)CCOC. The molecule has 0 N–H and O–H groups in total. The normalized spacial score (nSPS) is 14.1. The molecule has 2 atom stereocenters. The van der Waals surface area contributed by atoms with Crippen LogP contribution in [0.4, 0.5) is 0 Å². The lowest BCUT2D eigenvalue weighted by atomic mass is 9.93. The summed E-state index contributed by atoms with van der Waals surface area (Å²) in [6, 6.07) is 1.97. The summed E-state index contributed by atoms with van der Waals surface area (Å²) >= 11 is 0. The first-order chi connectivity index (χ1) is 6.67. The topological polar surface area (TPSA) is 59.3 Å². The average Bonchev–Trinajstić information content (AvgIpc) is 2.16. The van der Waals surface area contributed by atoms with Gasteiger partial charge in [0, 0.05) is 13.7 Å². The van der Waals surface area contributed by atoms with E-state index in [0.717, 1.165) is 0 Å². The molecule has 0 fully saturated rings. The fraction of sp³-hybridized carbons (Fsp3) is 0.800. The molecule has 0 saturated carbocycles. The van der Waals surface area contributed by atoms with E-state index in [2.05, 4.69) is 0 Å². The van der Waals surface area contributed by atoms with E-state index in [1.165, 1.54) is 0 Å². The Morgan fingerprint density at radius 3 is 2.64 bits per heavy atom. The molecule has 80 valence electrons. The molecule has 0 heterocycles. The zero-order valence-electron chi connectivity index (χ0n) is 8.95. The maximum absolute atomic E-state index is 11.3. The summed E-state index contributed by atoms with van der Waals surface area (Å²) in [7, 11) is 1.60. The van der Waals surface area contributed by atoms with Gasteiger partial charge in [-0.3, -0.25) is 4.79 Å². The highest BCUT2D eigenvalue weighted by atomic mass is 16.5. The van der Waals surface area contributed by atoms with Crippen LogP contribution in [0.3, 0.4) is 0 Å². The summed E-state index contributed by atoms with van der Waals surface area (Å²) in [6.07, 6.45) is 0.688. The van der Waals surface area contributed by atoms with Crippen molar-refractivity contribution in [2.75, 3.05) is 20.3 Å². The first kappa shape index (κ1) is 12.9. The molecule has 0 radical (unpaired) electrons. The Morgan fingerprint density at radius 2 is 2.21 bits per heavy atom. The van der Waals surface area contributed by atoms with Crippen molar-refractivity contribution in [1.29, 1.82) is 5.26 Å². The standard InChI is InChI=1S/C10H17NO3/c1-4-14-10(12)9(7-11)8(2)5-6-13-3/h8-9H,4-6H2,1-3H3. The molecule has 0 saturated heterocycles. The zero-order chi connectivity index (χ0) is 11.0. The second kappa shape index (κ2) is 7.34. The minimum Gasteiger partial charge on any atom is -0.465 e. The van der Waals surface area contributed by atoms with E-state index in [4.69, 9.17) is 14.7 Å². The molecular weight excluding hydrogens is 182 g/mol. The third kappa shape index (κ3) is 4.24. The van der Waals surface area contributed by atoms with Crippen molar-refractivity contribution in [1.82, 2.24) is 0 Å². The summed E-state index contributed by atoms with van der Waals surface area (Å²) in [5.41, 5.74) is 0. The van der Waals surface area contributed by atoms with Gasteiger partial charge in [0.1, 0.15) is 5.92 Å². The third-order valence-corrected chi connectivity index (χ3v) is 2.03. The highest BCUT2D eigenvalue weighted by Crippen LogP contribution is 2.16. The fourth-order valence-electron chi connectivity index (χ4n) is 1.11. The number of hydrogen-bond acceptors (Lipinski definition) is 4. The Balaban J connectivity index is 4.12. The average molecular weight is 199 g/mol. The fourth-order valence-corrected chi connectivity index (χ4v) is 1.11. The van der Waals surface area contributed by atoms with Gasteiger partial charge in [0.2, 0.25) is 0 Å². The van der Waals surface area contributed by atoms with Crippen molar-refractivity contribution in [3.63, 3.8) is 0 Å². The van der Waals surface area contributed by atoms with Crippen molar-refractivity contribution < 1.29 is 14.3 Å². The number of nitriles is 1. The van der Waals surface area contributed by atoms with E-state index in [0.29, 0.717) is 19.6 Å². The van der Waals surface area contributed by atoms with Crippen molar-refractivity contribution in [2.45, 2.75) is 20.3 Å². The van der Waals surface area contributed by atoms with Gasteiger partial charge in [-0.05, 0) is 19.3 Å². The van der Waals surface area contributed by atoms with Crippen molar-refractivity contribution >= 4 is 5.97 Å². The highest BCUT2D eigenvalue weighted by Gasteiger charge is 2.25. The summed E-state index contributed by atoms with van der Waals surface area (Å²) in [4.78, 5) is 11.3. The predicted molar refractivity (Wildman–Crippen MR) is 51.4 cm³/mol. The smallest absolute Gasteiger partial charge is 0.323 e. The Morgan fingerprint density at radius 1 is 1.57 bits per heavy atom. The van der Waals surface area contributed by atoms with E-state index >= 15 is 0 Å². The Kier molecular flexibility index (Phi) is 6.77. The Labute approximate surface area is 84.8 Å². The van der Waals surface area contributed by atoms with Crippen LogP contribution in [0, 0.1) is 23.2 Å². The van der Waals surface area contributed by atoms with Crippen LogP contribution in [0.1, 0.15) is 20.3 Å². The number of nitrogens with zero attached hydrogens (tertiary/aromatic N) is 1. The molecule has 0 bridgehead atoms. The Bertz CT molecular complexity index is 210. The first-order valence-corrected chi connectivity index (χ1v) is 4.72. The molecule has 2 unspecified atom stereocenters. The molecule has 0 aromatic heterocycles. The van der Waals surface area contributed by atoms with Gasteiger partial charge in [-0.1, -0.05) is 6.92 Å². The largest absolute Gasteiger partial charge is 0.465 e. The number of carbonyl (C=O) groups is 1. The molecule has 0 aromatic carbocycles. The van der Waals surface area contributed by atoms with Gasteiger partial charge in [0.15, 0.2) is 0 Å². The van der Waals surface area contributed by atoms with Crippen LogP contribution in [0.2, 0.25) is 0 Å². The van der Waals surface area contributed by atoms with Crippen LogP contribution in [-0.2, 0) is 14.3 Å². The van der Waals surface area contributed by atoms with Gasteiger partial charge in [0.05, 0.1) is 12.7 Å². The molecule has 4 nitrogen and oxygen atoms in total. The number of rotatable bonds is 6. The van der Waals surface area contributed by atoms with Gasteiger partial charge in [-0.25, -0.2) is 0 Å². The van der Waals surface area contributed by atoms with E-state index in [1.807, 2.05) is 13.0 Å². The molecule has 14 heavy (non-hydrogen) atoms. The molecule has 0 aliphatic rings. The number of ether oxygens (including phenoxy) is 2. The summed E-state index contributed by atoms with van der Waals surface area (Å²) < 4.78 is 9.68. The second-order valence-electron chi connectivity index (χ2n) is 3.12. The Hall–Kier alpha value is -1.08. The van der Waals surface area contributed by atoms with Gasteiger partial charge in [0.25, 0.3) is 0 Å². The highest BCUT2D eigenvalue weighted by molar-refractivity contribution is 5.75. The molecule has 4 heteroatoms. The number of esters is 1. The van der Waals surface area contributed by atoms with E-state index < -0.39 is 11.9 Å². The van der Waals surface area contributed by atoms with Crippen LogP contribution < -0.4 is 0 Å². The van der Waals surface area contributed by atoms with Crippen molar-refractivity contribution in [2.24, 2.45) is 11.8 Å². The van der Waals surface area contributed by atoms with Crippen LogP contribution in [-0.4, -0.2) is 26.3 Å². The molecule has 0 rings (SSSR count). The van der Waals surface area contributed by atoms with E-state index in [-0.39, 0.29) is 5.92 Å². The molecule has 0 aliphatic carbocycles. The van der Waals surface area contributed by atoms with E-state index in [9.17, 15) is 4.79 Å². The zero-order valence-corrected chi connectivity index (χ0v) is 8.95. The van der Waals surface area contributed by atoms with Gasteiger partial charge in [-0.2, -0.15) is 5.26 Å². The van der Waals surface area contributed by atoms with Crippen LogP contribution in [0.5, 0.6) is 0 Å². The summed E-state index contributed by atoms with van der Waals surface area (Å²) in [6.45, 7) is 4.45. The van der Waals surface area contributed by atoms with Gasteiger partial charge >= 0.3 is 5.97 Å². The molecule has 0 spiro atoms.